The average molecular weight is 280 g/mol. The van der Waals surface area contributed by atoms with Crippen LogP contribution in [0.5, 0.6) is 0 Å². The third-order valence-corrected chi connectivity index (χ3v) is 4.70. The standard InChI is InChI=1S/C9H7Cl2NO3S/c10-5-3-7-8(4-6(5)11)16(14,15)2-1-9(13)12-7/h3-4H,1-2H2,(H,12,13). The maximum atomic E-state index is 11.8. The van der Waals surface area contributed by atoms with E-state index in [1.165, 1.54) is 12.1 Å². The monoisotopic (exact) mass is 279 g/mol. The number of hydrogen-bond acceptors (Lipinski definition) is 3. The Balaban J connectivity index is 2.71. The first-order valence-electron chi connectivity index (χ1n) is 4.42. The summed E-state index contributed by atoms with van der Waals surface area (Å²) in [6, 6.07) is 2.61. The minimum absolute atomic E-state index is 0.0211. The van der Waals surface area contributed by atoms with Gasteiger partial charge in [-0.3, -0.25) is 4.79 Å². The van der Waals surface area contributed by atoms with Crippen molar-refractivity contribution in [3.05, 3.63) is 22.2 Å². The van der Waals surface area contributed by atoms with Gasteiger partial charge in [-0.15, -0.1) is 0 Å². The van der Waals surface area contributed by atoms with E-state index in [1.807, 2.05) is 0 Å². The van der Waals surface area contributed by atoms with Crippen LogP contribution in [0.2, 0.25) is 10.0 Å². The minimum atomic E-state index is -3.48. The van der Waals surface area contributed by atoms with Crippen molar-refractivity contribution in [3.63, 3.8) is 0 Å². The SMILES string of the molecule is O=C1CCS(=O)(=O)c2cc(Cl)c(Cl)cc2N1. The number of carbonyl (C=O) groups is 1. The van der Waals surface area contributed by atoms with Gasteiger partial charge in [-0.05, 0) is 12.1 Å². The van der Waals surface area contributed by atoms with Gasteiger partial charge in [0, 0.05) is 6.42 Å². The van der Waals surface area contributed by atoms with Crippen LogP contribution in [0.3, 0.4) is 0 Å². The molecule has 0 spiro atoms. The van der Waals surface area contributed by atoms with Gasteiger partial charge in [0.25, 0.3) is 0 Å². The number of benzene rings is 1. The number of rotatable bonds is 0. The van der Waals surface area contributed by atoms with Gasteiger partial charge in [-0.2, -0.15) is 0 Å². The van der Waals surface area contributed by atoms with Gasteiger partial charge in [0.05, 0.1) is 26.4 Å². The van der Waals surface area contributed by atoms with Crippen molar-refractivity contribution in [1.82, 2.24) is 0 Å². The average Bonchev–Trinajstić information content (AvgIpc) is 2.29. The molecule has 2 rings (SSSR count). The number of anilines is 1. The summed E-state index contributed by atoms with van der Waals surface area (Å²) < 4.78 is 23.6. The van der Waals surface area contributed by atoms with Crippen LogP contribution in [0.15, 0.2) is 17.0 Å². The van der Waals surface area contributed by atoms with E-state index in [-0.39, 0.29) is 38.7 Å². The number of nitrogens with one attached hydrogen (secondary N) is 1. The second-order valence-corrected chi connectivity index (χ2v) is 6.27. The molecule has 1 aromatic rings. The zero-order valence-electron chi connectivity index (χ0n) is 7.96. The second-order valence-electron chi connectivity index (χ2n) is 3.38. The molecule has 0 saturated carbocycles. The molecule has 0 saturated heterocycles. The Morgan fingerprint density at radius 1 is 1.19 bits per heavy atom. The molecule has 0 fully saturated rings. The Hall–Kier alpha value is -0.780. The van der Waals surface area contributed by atoms with E-state index in [9.17, 15) is 13.2 Å². The number of amides is 1. The van der Waals surface area contributed by atoms with Gasteiger partial charge < -0.3 is 5.32 Å². The Bertz CT molecular complexity index is 568. The van der Waals surface area contributed by atoms with Gasteiger partial charge in [-0.1, -0.05) is 23.2 Å². The van der Waals surface area contributed by atoms with E-state index < -0.39 is 9.84 Å². The molecule has 0 aromatic heterocycles. The fourth-order valence-corrected chi connectivity index (χ4v) is 3.24. The molecule has 4 nitrogen and oxygen atoms in total. The zero-order chi connectivity index (χ0) is 11.9. The lowest BCUT2D eigenvalue weighted by Crippen LogP contribution is -2.10. The molecular weight excluding hydrogens is 273 g/mol. The van der Waals surface area contributed by atoms with Gasteiger partial charge >= 0.3 is 0 Å². The number of carbonyl (C=O) groups excluding carboxylic acids is 1. The summed E-state index contributed by atoms with van der Waals surface area (Å²) in [5.41, 5.74) is 0.192. The van der Waals surface area contributed by atoms with Crippen LogP contribution in [-0.2, 0) is 14.6 Å². The Morgan fingerprint density at radius 2 is 1.81 bits per heavy atom. The summed E-state index contributed by atoms with van der Waals surface area (Å²) in [4.78, 5) is 11.3. The fraction of sp³-hybridized carbons (Fsp3) is 0.222. The highest BCUT2D eigenvalue weighted by molar-refractivity contribution is 7.91. The molecule has 1 heterocycles. The Kier molecular flexibility index (Phi) is 2.86. The molecule has 1 aliphatic rings. The van der Waals surface area contributed by atoms with E-state index in [2.05, 4.69) is 5.32 Å². The molecule has 7 heteroatoms. The summed E-state index contributed by atoms with van der Waals surface area (Å²) >= 11 is 11.5. The smallest absolute Gasteiger partial charge is 0.225 e. The number of fused-ring (bicyclic) bond motifs is 1. The van der Waals surface area contributed by atoms with Gasteiger partial charge in [-0.25, -0.2) is 8.42 Å². The molecule has 0 aliphatic carbocycles. The van der Waals surface area contributed by atoms with Crippen molar-refractivity contribution < 1.29 is 13.2 Å². The van der Waals surface area contributed by atoms with E-state index in [4.69, 9.17) is 23.2 Å². The maximum Gasteiger partial charge on any atom is 0.225 e. The van der Waals surface area contributed by atoms with Crippen LogP contribution in [0.1, 0.15) is 6.42 Å². The lowest BCUT2D eigenvalue weighted by atomic mass is 10.3. The first kappa shape index (κ1) is 11.7. The molecule has 86 valence electrons. The molecule has 0 bridgehead atoms. The first-order chi connectivity index (χ1) is 7.40. The molecule has 0 atom stereocenters. The quantitative estimate of drug-likeness (QED) is 0.791. The summed E-state index contributed by atoms with van der Waals surface area (Å²) in [6.45, 7) is 0. The lowest BCUT2D eigenvalue weighted by molar-refractivity contribution is -0.115. The summed E-state index contributed by atoms with van der Waals surface area (Å²) in [5.74, 6) is -0.565. The van der Waals surface area contributed by atoms with Crippen LogP contribution < -0.4 is 5.32 Å². The Labute approximate surface area is 102 Å². The number of halogens is 2. The second kappa shape index (κ2) is 3.91. The van der Waals surface area contributed by atoms with Crippen molar-refractivity contribution >= 4 is 44.6 Å². The van der Waals surface area contributed by atoms with Crippen molar-refractivity contribution in [2.45, 2.75) is 11.3 Å². The van der Waals surface area contributed by atoms with Crippen LogP contribution in [0.25, 0.3) is 0 Å². The number of hydrogen-bond donors (Lipinski definition) is 1. The Morgan fingerprint density at radius 3 is 2.50 bits per heavy atom. The van der Waals surface area contributed by atoms with Gasteiger partial charge in [0.1, 0.15) is 0 Å². The third kappa shape index (κ3) is 2.03. The predicted octanol–water partition coefficient (Wildman–Crippen LogP) is 2.11. The summed E-state index contributed by atoms with van der Waals surface area (Å²) in [7, 11) is -3.48. The van der Waals surface area contributed by atoms with Crippen LogP contribution in [0, 0.1) is 0 Å². The van der Waals surface area contributed by atoms with Crippen molar-refractivity contribution in [3.8, 4) is 0 Å². The molecule has 1 N–H and O–H groups in total. The molecule has 0 unspecified atom stereocenters. The molecule has 1 aliphatic heterocycles. The van der Waals surface area contributed by atoms with Gasteiger partial charge in [0.2, 0.25) is 5.91 Å². The zero-order valence-corrected chi connectivity index (χ0v) is 10.3. The highest BCUT2D eigenvalue weighted by Crippen LogP contribution is 2.34. The first-order valence-corrected chi connectivity index (χ1v) is 6.82. The predicted molar refractivity (Wildman–Crippen MR) is 61.8 cm³/mol. The van der Waals surface area contributed by atoms with E-state index in [1.54, 1.807) is 0 Å². The van der Waals surface area contributed by atoms with Crippen molar-refractivity contribution in [1.29, 1.82) is 0 Å². The summed E-state index contributed by atoms with van der Waals surface area (Å²) in [5, 5.41) is 2.84. The highest BCUT2D eigenvalue weighted by Gasteiger charge is 2.26. The minimum Gasteiger partial charge on any atom is -0.325 e. The molecule has 0 radical (unpaired) electrons. The number of sulfone groups is 1. The molecule has 1 amide bonds. The highest BCUT2D eigenvalue weighted by atomic mass is 35.5. The van der Waals surface area contributed by atoms with E-state index >= 15 is 0 Å². The maximum absolute atomic E-state index is 11.8. The topological polar surface area (TPSA) is 63.2 Å². The molecular formula is C9H7Cl2NO3S. The van der Waals surface area contributed by atoms with Crippen LogP contribution in [-0.4, -0.2) is 20.1 Å². The van der Waals surface area contributed by atoms with E-state index in [0.717, 1.165) is 0 Å². The fourth-order valence-electron chi connectivity index (χ4n) is 1.43. The normalized spacial score (nSPS) is 18.5. The van der Waals surface area contributed by atoms with Crippen LogP contribution in [0.4, 0.5) is 5.69 Å². The van der Waals surface area contributed by atoms with E-state index in [0.29, 0.717) is 0 Å². The summed E-state index contributed by atoms with van der Waals surface area (Å²) in [6.07, 6.45) is -0.0632. The van der Waals surface area contributed by atoms with Crippen LogP contribution >= 0.6 is 23.2 Å². The van der Waals surface area contributed by atoms with Crippen molar-refractivity contribution in [2.24, 2.45) is 0 Å². The lowest BCUT2D eigenvalue weighted by Gasteiger charge is -2.07. The largest absolute Gasteiger partial charge is 0.325 e. The molecule has 16 heavy (non-hydrogen) atoms. The van der Waals surface area contributed by atoms with Gasteiger partial charge in [0.15, 0.2) is 9.84 Å². The third-order valence-electron chi connectivity index (χ3n) is 2.23. The van der Waals surface area contributed by atoms with Crippen molar-refractivity contribution in [2.75, 3.05) is 11.1 Å². The molecule has 1 aromatic carbocycles.